The SMILES string of the molecule is C/C=C(\C)C[C@H](C)[C@H](O)[C@@H](C)C1OC2(CC(OC)C1C)OC([C@@H](C)[C@@H](O)[C@@H](C)\C=C/C=C/C=C\C=C\C=C/[C@H](CC(=O)O)OC)C(C)CC2O. The first-order valence-corrected chi connectivity index (χ1v) is 18.3. The van der Waals surface area contributed by atoms with Crippen molar-refractivity contribution >= 4 is 5.97 Å². The third-order valence-corrected chi connectivity index (χ3v) is 10.8. The first-order chi connectivity index (χ1) is 23.6. The number of rotatable bonds is 18. The molecule has 284 valence electrons. The minimum Gasteiger partial charge on any atom is -0.481 e. The molecule has 0 aromatic heterocycles. The minimum atomic E-state index is -1.30. The summed E-state index contributed by atoms with van der Waals surface area (Å²) in [6, 6.07) is 0. The quantitative estimate of drug-likeness (QED) is 0.0899. The summed E-state index contributed by atoms with van der Waals surface area (Å²) in [5.41, 5.74) is 1.23. The maximum Gasteiger partial charge on any atom is 0.306 e. The van der Waals surface area contributed by atoms with Crippen LogP contribution in [0, 0.1) is 35.5 Å². The van der Waals surface area contributed by atoms with Crippen molar-refractivity contribution in [2.24, 2.45) is 35.5 Å². The number of ether oxygens (including phenoxy) is 4. The summed E-state index contributed by atoms with van der Waals surface area (Å²) in [7, 11) is 3.16. The molecular formula is C41H66O9. The fraction of sp³-hybridized carbons (Fsp3) is 0.683. The van der Waals surface area contributed by atoms with Gasteiger partial charge in [0.2, 0.25) is 0 Å². The van der Waals surface area contributed by atoms with Crippen LogP contribution in [0.3, 0.4) is 0 Å². The molecule has 9 heteroatoms. The van der Waals surface area contributed by atoms with Crippen LogP contribution in [0.5, 0.6) is 0 Å². The number of hydrogen-bond acceptors (Lipinski definition) is 8. The molecule has 2 fully saturated rings. The second kappa shape index (κ2) is 21.2. The van der Waals surface area contributed by atoms with Gasteiger partial charge in [0.25, 0.3) is 0 Å². The molecule has 0 aromatic rings. The molecule has 2 aliphatic rings. The lowest BCUT2D eigenvalue weighted by molar-refractivity contribution is -0.391. The summed E-state index contributed by atoms with van der Waals surface area (Å²) in [5, 5.41) is 43.3. The second-order valence-corrected chi connectivity index (χ2v) is 14.7. The Balaban J connectivity index is 2.10. The molecule has 7 unspecified atom stereocenters. The van der Waals surface area contributed by atoms with Crippen LogP contribution in [0.1, 0.15) is 81.1 Å². The lowest BCUT2D eigenvalue weighted by Crippen LogP contribution is -2.65. The number of allylic oxidation sites excluding steroid dienone is 10. The molecule has 2 aliphatic heterocycles. The summed E-state index contributed by atoms with van der Waals surface area (Å²) < 4.78 is 24.6. The molecule has 0 radical (unpaired) electrons. The zero-order chi connectivity index (χ0) is 37.6. The Bertz CT molecular complexity index is 1200. The van der Waals surface area contributed by atoms with E-state index in [1.807, 2.05) is 77.2 Å². The van der Waals surface area contributed by atoms with Crippen molar-refractivity contribution in [3.63, 3.8) is 0 Å². The highest BCUT2D eigenvalue weighted by Gasteiger charge is 2.57. The fourth-order valence-electron chi connectivity index (χ4n) is 7.42. The topological polar surface area (TPSA) is 135 Å². The molecule has 0 aliphatic carbocycles. The summed E-state index contributed by atoms with van der Waals surface area (Å²) in [6.45, 7) is 16.2. The number of carbonyl (C=O) groups is 1. The van der Waals surface area contributed by atoms with E-state index in [1.54, 1.807) is 25.3 Å². The van der Waals surface area contributed by atoms with Crippen LogP contribution in [0.25, 0.3) is 0 Å². The number of carboxylic acids is 1. The van der Waals surface area contributed by atoms with Crippen molar-refractivity contribution in [3.05, 3.63) is 72.4 Å². The zero-order valence-corrected chi connectivity index (χ0v) is 32.0. The monoisotopic (exact) mass is 702 g/mol. The standard InChI is InChI=1S/C41H66O9/c1-11-26(2)22-28(4)38(46)32(8)40-30(6)34(48-10)25-41(50-40)35(42)23-29(5)39(49-41)31(7)37(45)27(3)20-18-16-14-12-13-15-17-19-21-33(47-9)24-36(43)44/h11-21,27-35,37-40,42,45-46H,22-25H2,1-10H3,(H,43,44)/b13-12-,16-14+,17-15+,20-18-,21-19-,26-11+/t27-,28-,29?,30?,31-,32+,33+,34?,35?,37-,38-,39?,40?,41?/m0/s1. The van der Waals surface area contributed by atoms with Gasteiger partial charge in [0.15, 0.2) is 5.79 Å². The Morgan fingerprint density at radius 1 is 0.860 bits per heavy atom. The van der Waals surface area contributed by atoms with E-state index >= 15 is 0 Å². The normalized spacial score (nSPS) is 32.7. The lowest BCUT2D eigenvalue weighted by Gasteiger charge is -2.56. The summed E-state index contributed by atoms with van der Waals surface area (Å²) in [5.74, 6) is -2.87. The average Bonchev–Trinajstić information content (AvgIpc) is 3.09. The van der Waals surface area contributed by atoms with Crippen molar-refractivity contribution in [3.8, 4) is 0 Å². The van der Waals surface area contributed by atoms with Crippen LogP contribution in [0.2, 0.25) is 0 Å². The Morgan fingerprint density at radius 3 is 1.94 bits per heavy atom. The number of aliphatic hydroxyl groups excluding tert-OH is 3. The van der Waals surface area contributed by atoms with E-state index < -0.39 is 42.3 Å². The maximum absolute atomic E-state index is 11.5. The Kier molecular flexibility index (Phi) is 18.6. The van der Waals surface area contributed by atoms with E-state index in [9.17, 15) is 20.1 Å². The number of hydrogen-bond donors (Lipinski definition) is 4. The van der Waals surface area contributed by atoms with E-state index in [4.69, 9.17) is 24.1 Å². The van der Waals surface area contributed by atoms with Gasteiger partial charge in [-0.2, -0.15) is 0 Å². The van der Waals surface area contributed by atoms with Crippen molar-refractivity contribution in [2.75, 3.05) is 14.2 Å². The van der Waals surface area contributed by atoms with E-state index in [0.717, 1.165) is 6.42 Å². The van der Waals surface area contributed by atoms with Gasteiger partial charge >= 0.3 is 5.97 Å². The van der Waals surface area contributed by atoms with E-state index in [1.165, 1.54) is 12.7 Å². The fourth-order valence-corrected chi connectivity index (χ4v) is 7.42. The third-order valence-electron chi connectivity index (χ3n) is 10.8. The molecular weight excluding hydrogens is 636 g/mol. The van der Waals surface area contributed by atoms with Crippen LogP contribution in [-0.4, -0.2) is 89.1 Å². The van der Waals surface area contributed by atoms with Gasteiger partial charge in [-0.3, -0.25) is 4.79 Å². The first-order valence-electron chi connectivity index (χ1n) is 18.3. The highest BCUT2D eigenvalue weighted by Crippen LogP contribution is 2.47. The highest BCUT2D eigenvalue weighted by molar-refractivity contribution is 5.67. The number of methoxy groups -OCH3 is 2. The van der Waals surface area contributed by atoms with E-state index in [2.05, 4.69) is 26.8 Å². The van der Waals surface area contributed by atoms with Gasteiger partial charge in [0.1, 0.15) is 6.10 Å². The van der Waals surface area contributed by atoms with E-state index in [0.29, 0.717) is 12.8 Å². The highest BCUT2D eigenvalue weighted by atomic mass is 16.7. The molecule has 0 saturated carbocycles. The number of aliphatic carboxylic acids is 1. The molecule has 0 amide bonds. The smallest absolute Gasteiger partial charge is 0.306 e. The Hall–Kier alpha value is -2.37. The van der Waals surface area contributed by atoms with Crippen LogP contribution in [0.4, 0.5) is 0 Å². The average molecular weight is 703 g/mol. The van der Waals surface area contributed by atoms with E-state index in [-0.39, 0.29) is 54.1 Å². The van der Waals surface area contributed by atoms with Crippen LogP contribution >= 0.6 is 0 Å². The predicted octanol–water partition coefficient (Wildman–Crippen LogP) is 6.80. The minimum absolute atomic E-state index is 0.0174. The maximum atomic E-state index is 11.5. The van der Waals surface area contributed by atoms with Gasteiger partial charge < -0.3 is 39.4 Å². The van der Waals surface area contributed by atoms with Crippen LogP contribution in [0.15, 0.2) is 72.4 Å². The molecule has 14 atom stereocenters. The largest absolute Gasteiger partial charge is 0.481 e. The van der Waals surface area contributed by atoms with Gasteiger partial charge in [-0.15, -0.1) is 0 Å². The predicted molar refractivity (Wildman–Crippen MR) is 198 cm³/mol. The molecule has 50 heavy (non-hydrogen) atoms. The molecule has 4 N–H and O–H groups in total. The molecule has 2 saturated heterocycles. The number of carboxylic acid groups (broad SMARTS) is 1. The summed E-state index contributed by atoms with van der Waals surface area (Å²) >= 11 is 0. The molecule has 0 bridgehead atoms. The molecule has 0 aromatic carbocycles. The molecule has 2 heterocycles. The van der Waals surface area contributed by atoms with Crippen molar-refractivity contribution in [2.45, 2.75) is 130 Å². The van der Waals surface area contributed by atoms with Crippen molar-refractivity contribution in [1.29, 1.82) is 0 Å². The van der Waals surface area contributed by atoms with Gasteiger partial charge in [-0.05, 0) is 38.5 Å². The third kappa shape index (κ3) is 12.4. The molecule has 2 rings (SSSR count). The lowest BCUT2D eigenvalue weighted by atomic mass is 9.74. The summed E-state index contributed by atoms with van der Waals surface area (Å²) in [6.07, 6.45) is 18.4. The van der Waals surface area contributed by atoms with Crippen molar-refractivity contribution in [1.82, 2.24) is 0 Å². The number of aliphatic hydroxyl groups is 3. The molecule has 1 spiro atoms. The molecule has 9 nitrogen and oxygen atoms in total. The van der Waals surface area contributed by atoms with Gasteiger partial charge in [-0.25, -0.2) is 0 Å². The first kappa shape index (κ1) is 43.8. The zero-order valence-electron chi connectivity index (χ0n) is 32.0. The summed E-state index contributed by atoms with van der Waals surface area (Å²) in [4.78, 5) is 10.8. The Morgan fingerprint density at radius 2 is 1.40 bits per heavy atom. The van der Waals surface area contributed by atoms with Crippen molar-refractivity contribution < 1.29 is 44.2 Å². The van der Waals surface area contributed by atoms with Gasteiger partial charge in [-0.1, -0.05) is 114 Å². The van der Waals surface area contributed by atoms with Gasteiger partial charge in [0.05, 0.1) is 43.0 Å². The second-order valence-electron chi connectivity index (χ2n) is 14.7. The van der Waals surface area contributed by atoms with Gasteiger partial charge in [0, 0.05) is 44.3 Å². The van der Waals surface area contributed by atoms with Crippen LogP contribution in [-0.2, 0) is 23.7 Å². The Labute approximate surface area is 301 Å². The van der Waals surface area contributed by atoms with Crippen LogP contribution < -0.4 is 0 Å².